The van der Waals surface area contributed by atoms with Crippen LogP contribution in [0.25, 0.3) is 0 Å². The first-order valence-electron chi connectivity index (χ1n) is 4.50. The van der Waals surface area contributed by atoms with Crippen LogP contribution >= 0.6 is 0 Å². The van der Waals surface area contributed by atoms with E-state index >= 15 is 0 Å². The van der Waals surface area contributed by atoms with E-state index in [9.17, 15) is 8.42 Å². The lowest BCUT2D eigenvalue weighted by Gasteiger charge is -2.32. The van der Waals surface area contributed by atoms with Gasteiger partial charge in [0.2, 0.25) is 0 Å². The lowest BCUT2D eigenvalue weighted by atomic mass is 10.3. The van der Waals surface area contributed by atoms with Gasteiger partial charge in [-0.2, -0.15) is 8.42 Å². The van der Waals surface area contributed by atoms with Gasteiger partial charge in [0.1, 0.15) is 6.23 Å². The predicted molar refractivity (Wildman–Crippen MR) is 49.1 cm³/mol. The first-order chi connectivity index (χ1) is 6.53. The van der Waals surface area contributed by atoms with Crippen LogP contribution in [-0.2, 0) is 19.3 Å². The van der Waals surface area contributed by atoms with Crippen molar-refractivity contribution in [1.29, 1.82) is 0 Å². The number of rotatable bonds is 4. The number of ether oxygens (including phenoxy) is 1. The molecular formula is C7H15NO5S. The normalized spacial score (nSPS) is 22.1. The second-order valence-electron chi connectivity index (χ2n) is 3.04. The van der Waals surface area contributed by atoms with Gasteiger partial charge in [-0.1, -0.05) is 6.92 Å². The van der Waals surface area contributed by atoms with Crippen molar-refractivity contribution in [3.05, 3.63) is 0 Å². The second kappa shape index (κ2) is 5.04. The predicted octanol–water partition coefficient (Wildman–Crippen LogP) is -0.126. The molecule has 1 rings (SSSR count). The van der Waals surface area contributed by atoms with E-state index in [0.717, 1.165) is 0 Å². The molecule has 0 aromatic rings. The van der Waals surface area contributed by atoms with Crippen molar-refractivity contribution in [2.75, 3.05) is 26.3 Å². The topological polar surface area (TPSA) is 76.1 Å². The van der Waals surface area contributed by atoms with Crippen LogP contribution in [0.4, 0.5) is 0 Å². The summed E-state index contributed by atoms with van der Waals surface area (Å²) in [6.45, 7) is 4.16. The molecule has 1 aliphatic heterocycles. The highest BCUT2D eigenvalue weighted by Crippen LogP contribution is 2.10. The van der Waals surface area contributed by atoms with E-state index in [1.54, 1.807) is 6.92 Å². The van der Waals surface area contributed by atoms with Gasteiger partial charge in [-0.25, -0.2) is 4.18 Å². The molecule has 1 atom stereocenters. The Balaban J connectivity index is 2.52. The number of morpholine rings is 1. The van der Waals surface area contributed by atoms with E-state index in [2.05, 4.69) is 4.18 Å². The standard InChI is InChI=1S/C7H15NO5S/c1-2-7(13-14(9,10)11)8-3-5-12-6-4-8/h7H,2-6H2,1H3,(H,9,10,11). The smallest absolute Gasteiger partial charge is 0.379 e. The average Bonchev–Trinajstić information content (AvgIpc) is 2.14. The summed E-state index contributed by atoms with van der Waals surface area (Å²) in [6.07, 6.45) is -0.0892. The molecule has 1 heterocycles. The van der Waals surface area contributed by atoms with Gasteiger partial charge in [0.05, 0.1) is 13.2 Å². The van der Waals surface area contributed by atoms with Crippen molar-refractivity contribution in [2.24, 2.45) is 0 Å². The highest BCUT2D eigenvalue weighted by atomic mass is 32.3. The lowest BCUT2D eigenvalue weighted by molar-refractivity contribution is -0.0479. The van der Waals surface area contributed by atoms with Crippen LogP contribution in [0.15, 0.2) is 0 Å². The monoisotopic (exact) mass is 225 g/mol. The molecule has 1 unspecified atom stereocenters. The van der Waals surface area contributed by atoms with Crippen molar-refractivity contribution in [1.82, 2.24) is 4.90 Å². The Hall–Kier alpha value is -0.210. The van der Waals surface area contributed by atoms with E-state index < -0.39 is 16.6 Å². The Morgan fingerprint density at radius 1 is 1.50 bits per heavy atom. The van der Waals surface area contributed by atoms with Gasteiger partial charge in [0.25, 0.3) is 0 Å². The molecule has 1 N–H and O–H groups in total. The molecule has 7 heteroatoms. The van der Waals surface area contributed by atoms with E-state index in [4.69, 9.17) is 9.29 Å². The molecule has 0 bridgehead atoms. The Labute approximate surface area is 83.7 Å². The molecule has 0 radical (unpaired) electrons. The molecule has 0 saturated carbocycles. The van der Waals surface area contributed by atoms with E-state index in [1.807, 2.05) is 4.90 Å². The van der Waals surface area contributed by atoms with Crippen molar-refractivity contribution < 1.29 is 21.9 Å². The second-order valence-corrected chi connectivity index (χ2v) is 4.08. The van der Waals surface area contributed by atoms with Gasteiger partial charge in [0, 0.05) is 13.1 Å². The number of hydrogen-bond donors (Lipinski definition) is 1. The van der Waals surface area contributed by atoms with Crippen LogP contribution in [0.5, 0.6) is 0 Å². The summed E-state index contributed by atoms with van der Waals surface area (Å²) in [7, 11) is -4.37. The third-order valence-corrected chi connectivity index (χ3v) is 2.50. The summed E-state index contributed by atoms with van der Waals surface area (Å²) >= 11 is 0. The van der Waals surface area contributed by atoms with Crippen molar-refractivity contribution in [3.63, 3.8) is 0 Å². The minimum atomic E-state index is -4.37. The first-order valence-corrected chi connectivity index (χ1v) is 5.87. The summed E-state index contributed by atoms with van der Waals surface area (Å²) in [5.41, 5.74) is 0. The van der Waals surface area contributed by atoms with E-state index in [1.165, 1.54) is 0 Å². The van der Waals surface area contributed by atoms with Crippen LogP contribution in [0.1, 0.15) is 13.3 Å². The molecule has 1 fully saturated rings. The zero-order valence-electron chi connectivity index (χ0n) is 8.05. The van der Waals surface area contributed by atoms with Crippen LogP contribution in [-0.4, -0.2) is 50.4 Å². The maximum Gasteiger partial charge on any atom is 0.398 e. The Bertz CT molecular complexity index is 259. The molecule has 0 aliphatic carbocycles. The van der Waals surface area contributed by atoms with Gasteiger partial charge < -0.3 is 4.74 Å². The summed E-state index contributed by atoms with van der Waals surface area (Å²) in [4.78, 5) is 1.83. The summed E-state index contributed by atoms with van der Waals surface area (Å²) in [5, 5.41) is 0. The zero-order chi connectivity index (χ0) is 10.6. The van der Waals surface area contributed by atoms with Crippen LogP contribution < -0.4 is 0 Å². The van der Waals surface area contributed by atoms with Gasteiger partial charge in [-0.15, -0.1) is 0 Å². The lowest BCUT2D eigenvalue weighted by Crippen LogP contribution is -2.45. The van der Waals surface area contributed by atoms with Gasteiger partial charge in [-0.3, -0.25) is 9.45 Å². The fraction of sp³-hybridized carbons (Fsp3) is 1.00. The van der Waals surface area contributed by atoms with Gasteiger partial charge in [-0.05, 0) is 6.42 Å². The van der Waals surface area contributed by atoms with Crippen molar-refractivity contribution >= 4 is 10.4 Å². The first kappa shape index (κ1) is 11.9. The maximum absolute atomic E-state index is 10.5. The van der Waals surface area contributed by atoms with Crippen molar-refractivity contribution in [3.8, 4) is 0 Å². The highest BCUT2D eigenvalue weighted by Gasteiger charge is 2.24. The largest absolute Gasteiger partial charge is 0.398 e. The van der Waals surface area contributed by atoms with Gasteiger partial charge in [0.15, 0.2) is 0 Å². The van der Waals surface area contributed by atoms with Crippen LogP contribution in [0.2, 0.25) is 0 Å². The minimum absolute atomic E-state index is 0.500. The molecule has 0 aromatic carbocycles. The fourth-order valence-electron chi connectivity index (χ4n) is 1.39. The SMILES string of the molecule is CCC(OS(=O)(=O)O)N1CCOCC1. The summed E-state index contributed by atoms with van der Waals surface area (Å²) in [5.74, 6) is 0. The Kier molecular flexibility index (Phi) is 4.27. The molecule has 0 amide bonds. The molecule has 6 nitrogen and oxygen atoms in total. The highest BCUT2D eigenvalue weighted by molar-refractivity contribution is 7.80. The summed E-state index contributed by atoms with van der Waals surface area (Å²) in [6, 6.07) is 0. The molecule has 1 aliphatic rings. The maximum atomic E-state index is 10.5. The van der Waals surface area contributed by atoms with Crippen LogP contribution in [0, 0.1) is 0 Å². The molecule has 14 heavy (non-hydrogen) atoms. The fourth-order valence-corrected chi connectivity index (χ4v) is 1.93. The third-order valence-electron chi connectivity index (χ3n) is 2.03. The number of hydrogen-bond acceptors (Lipinski definition) is 5. The molecule has 84 valence electrons. The van der Waals surface area contributed by atoms with E-state index in [-0.39, 0.29) is 0 Å². The van der Waals surface area contributed by atoms with E-state index in [0.29, 0.717) is 32.7 Å². The summed E-state index contributed by atoms with van der Waals surface area (Å²) < 4.78 is 39.2. The molecular weight excluding hydrogens is 210 g/mol. The third kappa shape index (κ3) is 3.89. The molecule has 0 spiro atoms. The Morgan fingerprint density at radius 3 is 2.50 bits per heavy atom. The zero-order valence-corrected chi connectivity index (χ0v) is 8.87. The van der Waals surface area contributed by atoms with Crippen LogP contribution in [0.3, 0.4) is 0 Å². The molecule has 0 aromatic heterocycles. The van der Waals surface area contributed by atoms with Gasteiger partial charge >= 0.3 is 10.4 Å². The average molecular weight is 225 g/mol. The minimum Gasteiger partial charge on any atom is -0.379 e. The van der Waals surface area contributed by atoms with Crippen molar-refractivity contribution in [2.45, 2.75) is 19.6 Å². The molecule has 1 saturated heterocycles. The quantitative estimate of drug-likeness (QED) is 0.672. The number of nitrogens with zero attached hydrogens (tertiary/aromatic N) is 1. The Morgan fingerprint density at radius 2 is 2.07 bits per heavy atom.